The van der Waals surface area contributed by atoms with Crippen LogP contribution in [0.15, 0.2) is 55.2 Å². The second-order valence-electron chi connectivity index (χ2n) is 6.94. The minimum Gasteiger partial charge on any atom is -0.332 e. The van der Waals surface area contributed by atoms with E-state index >= 15 is 0 Å². The first kappa shape index (κ1) is 16.9. The number of fused-ring (bicyclic) bond motifs is 1. The molecule has 1 aliphatic heterocycles. The smallest absolute Gasteiger partial charge is 0.123 e. The molecule has 0 radical (unpaired) electrons. The van der Waals surface area contributed by atoms with E-state index in [1.54, 1.807) is 0 Å². The van der Waals surface area contributed by atoms with Crippen LogP contribution in [0.2, 0.25) is 0 Å². The molecule has 26 heavy (non-hydrogen) atoms. The fraction of sp³-hybridized carbons (Fsp3) is 0.350. The molecule has 6 heteroatoms. The summed E-state index contributed by atoms with van der Waals surface area (Å²) >= 11 is 0. The number of nitrogens with zero attached hydrogens (tertiary/aromatic N) is 6. The minimum absolute atomic E-state index is 0.846. The Bertz CT molecular complexity index is 830. The number of hydrogen-bond donors (Lipinski definition) is 0. The zero-order valence-corrected chi connectivity index (χ0v) is 15.1. The Labute approximate surface area is 154 Å². The third-order valence-corrected chi connectivity index (χ3v) is 4.69. The summed E-state index contributed by atoms with van der Waals surface area (Å²) < 4.78 is 2.30. The Hall–Kier alpha value is -2.57. The van der Waals surface area contributed by atoms with Crippen molar-refractivity contribution in [1.29, 1.82) is 0 Å². The van der Waals surface area contributed by atoms with Gasteiger partial charge in [-0.05, 0) is 36.4 Å². The molecule has 0 atom stereocenters. The van der Waals surface area contributed by atoms with E-state index in [4.69, 9.17) is 4.98 Å². The summed E-state index contributed by atoms with van der Waals surface area (Å²) in [6, 6.07) is 8.26. The zero-order valence-electron chi connectivity index (χ0n) is 15.1. The zero-order chi connectivity index (χ0) is 17.8. The topological polar surface area (TPSA) is 50.1 Å². The molecule has 1 aliphatic rings. The van der Waals surface area contributed by atoms with Gasteiger partial charge in [-0.15, -0.1) is 0 Å². The summed E-state index contributed by atoms with van der Waals surface area (Å²) in [6.45, 7) is 5.63. The van der Waals surface area contributed by atoms with Gasteiger partial charge < -0.3 is 4.57 Å². The predicted octanol–water partition coefficient (Wildman–Crippen LogP) is 2.32. The lowest BCUT2D eigenvalue weighted by Gasteiger charge is -2.27. The molecule has 0 N–H and O–H groups in total. The first-order valence-electron chi connectivity index (χ1n) is 9.00. The molecule has 0 saturated heterocycles. The third kappa shape index (κ3) is 4.15. The van der Waals surface area contributed by atoms with Gasteiger partial charge in [0.15, 0.2) is 0 Å². The maximum absolute atomic E-state index is 4.88. The fourth-order valence-electron chi connectivity index (χ4n) is 3.45. The maximum atomic E-state index is 4.88. The summed E-state index contributed by atoms with van der Waals surface area (Å²) in [5, 5.41) is 0. The van der Waals surface area contributed by atoms with Crippen molar-refractivity contribution in [3.8, 4) is 0 Å². The van der Waals surface area contributed by atoms with Crippen molar-refractivity contribution in [2.24, 2.45) is 0 Å². The maximum Gasteiger partial charge on any atom is 0.123 e. The molecule has 0 fully saturated rings. The number of aromatic nitrogens is 4. The van der Waals surface area contributed by atoms with Crippen LogP contribution >= 0.6 is 0 Å². The van der Waals surface area contributed by atoms with Gasteiger partial charge in [0.1, 0.15) is 5.82 Å². The van der Waals surface area contributed by atoms with Crippen molar-refractivity contribution in [2.45, 2.75) is 32.7 Å². The van der Waals surface area contributed by atoms with Crippen molar-refractivity contribution >= 4 is 0 Å². The highest BCUT2D eigenvalue weighted by molar-refractivity contribution is 5.12. The van der Waals surface area contributed by atoms with E-state index in [2.05, 4.69) is 55.8 Å². The van der Waals surface area contributed by atoms with Crippen molar-refractivity contribution in [1.82, 2.24) is 29.3 Å². The monoisotopic (exact) mass is 348 g/mol. The predicted molar refractivity (Wildman–Crippen MR) is 100.0 cm³/mol. The van der Waals surface area contributed by atoms with Crippen LogP contribution in [0, 0.1) is 0 Å². The molecule has 0 aliphatic carbocycles. The van der Waals surface area contributed by atoms with Crippen molar-refractivity contribution in [3.63, 3.8) is 0 Å². The molecule has 0 spiro atoms. The van der Waals surface area contributed by atoms with E-state index in [9.17, 15) is 0 Å². The number of pyridine rings is 2. The van der Waals surface area contributed by atoms with Crippen LogP contribution in [0.4, 0.5) is 0 Å². The molecule has 3 aromatic rings. The SMILES string of the molecule is CN(Cc1cccnc1)Cc1cn2c(n1)CN(Cc1ccncc1)CC2. The second-order valence-corrected chi connectivity index (χ2v) is 6.94. The van der Waals surface area contributed by atoms with Gasteiger partial charge in [0.05, 0.1) is 12.2 Å². The van der Waals surface area contributed by atoms with Crippen LogP contribution in [-0.2, 0) is 32.7 Å². The number of hydrogen-bond acceptors (Lipinski definition) is 5. The molecule has 0 unspecified atom stereocenters. The molecule has 0 aromatic carbocycles. The standard InChI is InChI=1S/C20H24N6/c1-24(12-18-3-2-6-22-11-18)14-19-15-26-10-9-25(16-20(26)23-19)13-17-4-7-21-8-5-17/h2-8,11,15H,9-10,12-14,16H2,1H3. The Morgan fingerprint density at radius 3 is 2.69 bits per heavy atom. The lowest BCUT2D eigenvalue weighted by Crippen LogP contribution is -2.33. The Morgan fingerprint density at radius 2 is 1.88 bits per heavy atom. The van der Waals surface area contributed by atoms with Gasteiger partial charge in [-0.25, -0.2) is 4.98 Å². The van der Waals surface area contributed by atoms with E-state index in [1.165, 1.54) is 11.1 Å². The largest absolute Gasteiger partial charge is 0.332 e. The van der Waals surface area contributed by atoms with Gasteiger partial charge in [-0.3, -0.25) is 19.8 Å². The normalized spacial score (nSPS) is 14.5. The van der Waals surface area contributed by atoms with Gasteiger partial charge in [-0.2, -0.15) is 0 Å². The van der Waals surface area contributed by atoms with Crippen molar-refractivity contribution in [2.75, 3.05) is 13.6 Å². The molecule has 134 valence electrons. The lowest BCUT2D eigenvalue weighted by atomic mass is 10.2. The molecule has 4 rings (SSSR count). The van der Waals surface area contributed by atoms with E-state index in [0.29, 0.717) is 0 Å². The van der Waals surface area contributed by atoms with Gasteiger partial charge in [-0.1, -0.05) is 6.07 Å². The number of imidazole rings is 1. The average molecular weight is 348 g/mol. The van der Waals surface area contributed by atoms with Gasteiger partial charge in [0.2, 0.25) is 0 Å². The molecule has 0 saturated carbocycles. The average Bonchev–Trinajstić information content (AvgIpc) is 3.04. The molecular weight excluding hydrogens is 324 g/mol. The highest BCUT2D eigenvalue weighted by Gasteiger charge is 2.19. The molecule has 3 aromatic heterocycles. The van der Waals surface area contributed by atoms with Crippen molar-refractivity contribution in [3.05, 3.63) is 77.9 Å². The first-order chi connectivity index (χ1) is 12.8. The molecule has 0 bridgehead atoms. The van der Waals surface area contributed by atoms with Crippen LogP contribution in [0.5, 0.6) is 0 Å². The second kappa shape index (κ2) is 7.76. The Kier molecular flexibility index (Phi) is 5.04. The van der Waals surface area contributed by atoms with Crippen LogP contribution in [0.3, 0.4) is 0 Å². The summed E-state index contributed by atoms with van der Waals surface area (Å²) in [5.74, 6) is 1.16. The molecule has 0 amide bonds. The molecular formula is C20H24N6. The number of rotatable bonds is 6. The van der Waals surface area contributed by atoms with Crippen LogP contribution in [0.1, 0.15) is 22.6 Å². The molecule has 4 heterocycles. The van der Waals surface area contributed by atoms with E-state index in [0.717, 1.165) is 50.8 Å². The van der Waals surface area contributed by atoms with E-state index < -0.39 is 0 Å². The van der Waals surface area contributed by atoms with Crippen LogP contribution < -0.4 is 0 Å². The van der Waals surface area contributed by atoms with Gasteiger partial charge >= 0.3 is 0 Å². The van der Waals surface area contributed by atoms with Gasteiger partial charge in [0.25, 0.3) is 0 Å². The summed E-state index contributed by atoms with van der Waals surface area (Å²) in [5.41, 5.74) is 3.66. The quantitative estimate of drug-likeness (QED) is 0.684. The first-order valence-corrected chi connectivity index (χ1v) is 9.00. The van der Waals surface area contributed by atoms with E-state index in [-0.39, 0.29) is 0 Å². The lowest BCUT2D eigenvalue weighted by molar-refractivity contribution is 0.209. The van der Waals surface area contributed by atoms with Crippen LogP contribution in [0.25, 0.3) is 0 Å². The van der Waals surface area contributed by atoms with Crippen LogP contribution in [-0.4, -0.2) is 42.9 Å². The third-order valence-electron chi connectivity index (χ3n) is 4.69. The highest BCUT2D eigenvalue weighted by atomic mass is 15.2. The van der Waals surface area contributed by atoms with E-state index in [1.807, 2.05) is 30.9 Å². The van der Waals surface area contributed by atoms with Crippen molar-refractivity contribution < 1.29 is 0 Å². The summed E-state index contributed by atoms with van der Waals surface area (Å²) in [4.78, 5) is 17.9. The summed E-state index contributed by atoms with van der Waals surface area (Å²) in [7, 11) is 2.13. The van der Waals surface area contributed by atoms with Gasteiger partial charge in [0, 0.05) is 63.7 Å². The summed E-state index contributed by atoms with van der Waals surface area (Å²) in [6.07, 6.45) is 9.65. The highest BCUT2D eigenvalue weighted by Crippen LogP contribution is 2.16. The minimum atomic E-state index is 0.846. The Morgan fingerprint density at radius 1 is 1.00 bits per heavy atom. The molecule has 6 nitrogen and oxygen atoms in total. The fourth-order valence-corrected chi connectivity index (χ4v) is 3.45. The Balaban J connectivity index is 1.36.